The Bertz CT molecular complexity index is 1020. The summed E-state index contributed by atoms with van der Waals surface area (Å²) in [5.41, 5.74) is 4.07. The van der Waals surface area contributed by atoms with E-state index in [0.717, 1.165) is 53.3 Å². The van der Waals surface area contributed by atoms with Gasteiger partial charge in [0.25, 0.3) is 0 Å². The topological polar surface area (TPSA) is 34.1 Å². The van der Waals surface area contributed by atoms with Crippen LogP contribution in [0.3, 0.4) is 0 Å². The Labute approximate surface area is 190 Å². The van der Waals surface area contributed by atoms with Gasteiger partial charge in [-0.2, -0.15) is 0 Å². The molecule has 0 N–H and O–H groups in total. The molecular weight excluding hydrogens is 464 g/mol. The third-order valence-electron chi connectivity index (χ3n) is 4.89. The Morgan fingerprint density at radius 2 is 1.80 bits per heavy atom. The second kappa shape index (κ2) is 10.1. The molecular formula is C24H22BrClN2O2. The maximum atomic E-state index is 6.19. The summed E-state index contributed by atoms with van der Waals surface area (Å²) in [6, 6.07) is 21.9. The van der Waals surface area contributed by atoms with Gasteiger partial charge in [-0.3, -0.25) is 4.99 Å². The van der Waals surface area contributed by atoms with Gasteiger partial charge < -0.3 is 14.4 Å². The fourth-order valence-electron chi connectivity index (χ4n) is 3.21. The SMILES string of the molecule is Clc1ccccc1COc1ccc(C=Nc2ccc(N3CCOCC3)cc2)cc1Br. The predicted octanol–water partition coefficient (Wildman–Crippen LogP) is 6.27. The number of ether oxygens (including phenoxy) is 2. The van der Waals surface area contributed by atoms with Crippen LogP contribution in [0, 0.1) is 0 Å². The third-order valence-corrected chi connectivity index (χ3v) is 5.87. The fraction of sp³-hybridized carbons (Fsp3) is 0.208. The van der Waals surface area contributed by atoms with E-state index >= 15 is 0 Å². The van der Waals surface area contributed by atoms with Gasteiger partial charge in [0.05, 0.1) is 23.4 Å². The molecule has 0 unspecified atom stereocenters. The average molecular weight is 486 g/mol. The molecule has 0 atom stereocenters. The van der Waals surface area contributed by atoms with Crippen LogP contribution in [0.4, 0.5) is 11.4 Å². The molecule has 4 rings (SSSR count). The van der Waals surface area contributed by atoms with E-state index in [-0.39, 0.29) is 0 Å². The smallest absolute Gasteiger partial charge is 0.134 e. The predicted molar refractivity (Wildman–Crippen MR) is 127 cm³/mol. The van der Waals surface area contributed by atoms with E-state index in [0.29, 0.717) is 11.6 Å². The molecule has 1 aliphatic heterocycles. The summed E-state index contributed by atoms with van der Waals surface area (Å²) in [6.07, 6.45) is 1.85. The van der Waals surface area contributed by atoms with Gasteiger partial charge >= 0.3 is 0 Å². The zero-order valence-corrected chi connectivity index (χ0v) is 18.8. The first-order valence-electron chi connectivity index (χ1n) is 9.81. The Kier molecular flexibility index (Phi) is 7.05. The Morgan fingerprint density at radius 3 is 2.53 bits per heavy atom. The van der Waals surface area contributed by atoms with Gasteiger partial charge in [-0.1, -0.05) is 29.8 Å². The molecule has 154 valence electrons. The zero-order valence-electron chi connectivity index (χ0n) is 16.4. The van der Waals surface area contributed by atoms with Crippen LogP contribution in [-0.4, -0.2) is 32.5 Å². The lowest BCUT2D eigenvalue weighted by atomic mass is 10.2. The first-order chi connectivity index (χ1) is 14.7. The van der Waals surface area contributed by atoms with Gasteiger partial charge in [-0.05, 0) is 70.0 Å². The minimum Gasteiger partial charge on any atom is -0.488 e. The minimum absolute atomic E-state index is 0.418. The second-order valence-corrected chi connectivity index (χ2v) is 8.21. The van der Waals surface area contributed by atoms with Crippen molar-refractivity contribution in [2.45, 2.75) is 6.61 Å². The quantitative estimate of drug-likeness (QED) is 0.386. The molecule has 0 aliphatic carbocycles. The normalized spacial score (nSPS) is 14.3. The molecule has 0 amide bonds. The summed E-state index contributed by atoms with van der Waals surface area (Å²) >= 11 is 9.78. The molecule has 1 saturated heterocycles. The summed E-state index contributed by atoms with van der Waals surface area (Å²) in [6.45, 7) is 3.85. The molecule has 1 aliphatic rings. The maximum Gasteiger partial charge on any atom is 0.134 e. The van der Waals surface area contributed by atoms with E-state index in [4.69, 9.17) is 21.1 Å². The Balaban J connectivity index is 1.38. The van der Waals surface area contributed by atoms with Crippen LogP contribution >= 0.6 is 27.5 Å². The van der Waals surface area contributed by atoms with Crippen molar-refractivity contribution in [3.8, 4) is 5.75 Å². The molecule has 1 heterocycles. The molecule has 3 aromatic rings. The minimum atomic E-state index is 0.418. The Morgan fingerprint density at radius 1 is 1.03 bits per heavy atom. The highest BCUT2D eigenvalue weighted by molar-refractivity contribution is 9.10. The molecule has 3 aromatic carbocycles. The van der Waals surface area contributed by atoms with E-state index in [9.17, 15) is 0 Å². The lowest BCUT2D eigenvalue weighted by Gasteiger charge is -2.28. The number of nitrogens with zero attached hydrogens (tertiary/aromatic N) is 2. The largest absolute Gasteiger partial charge is 0.488 e. The molecule has 0 aromatic heterocycles. The van der Waals surface area contributed by atoms with E-state index in [1.165, 1.54) is 5.69 Å². The van der Waals surface area contributed by atoms with E-state index in [1.54, 1.807) is 0 Å². The second-order valence-electron chi connectivity index (χ2n) is 6.94. The number of aliphatic imine (C=N–C) groups is 1. The molecule has 1 fully saturated rings. The monoisotopic (exact) mass is 484 g/mol. The number of halogens is 2. The van der Waals surface area contributed by atoms with E-state index in [2.05, 4.69) is 38.0 Å². The molecule has 0 radical (unpaired) electrons. The van der Waals surface area contributed by atoms with Gasteiger partial charge in [0.1, 0.15) is 12.4 Å². The summed E-state index contributed by atoms with van der Waals surface area (Å²) in [5, 5.41) is 0.706. The van der Waals surface area contributed by atoms with Crippen molar-refractivity contribution in [3.05, 3.63) is 87.4 Å². The van der Waals surface area contributed by atoms with Crippen molar-refractivity contribution in [1.29, 1.82) is 0 Å². The zero-order chi connectivity index (χ0) is 20.8. The summed E-state index contributed by atoms with van der Waals surface area (Å²) < 4.78 is 12.2. The van der Waals surface area contributed by atoms with E-state index < -0.39 is 0 Å². The van der Waals surface area contributed by atoms with Crippen LogP contribution in [0.1, 0.15) is 11.1 Å². The molecule has 6 heteroatoms. The van der Waals surface area contributed by atoms with Crippen LogP contribution in [0.5, 0.6) is 5.75 Å². The first-order valence-corrected chi connectivity index (χ1v) is 11.0. The van der Waals surface area contributed by atoms with Crippen molar-refractivity contribution in [1.82, 2.24) is 0 Å². The molecule has 4 nitrogen and oxygen atoms in total. The van der Waals surface area contributed by atoms with Gasteiger partial charge in [-0.15, -0.1) is 0 Å². The number of benzene rings is 3. The summed E-state index contributed by atoms with van der Waals surface area (Å²) in [4.78, 5) is 6.92. The molecule has 30 heavy (non-hydrogen) atoms. The van der Waals surface area contributed by atoms with Crippen molar-refractivity contribution in [2.75, 3.05) is 31.2 Å². The van der Waals surface area contributed by atoms with Crippen LogP contribution < -0.4 is 9.64 Å². The van der Waals surface area contributed by atoms with Crippen molar-refractivity contribution in [3.63, 3.8) is 0 Å². The number of hydrogen-bond acceptors (Lipinski definition) is 4. The number of morpholine rings is 1. The standard InChI is InChI=1S/C24H22BrClN2O2/c25-22-15-18(5-10-24(22)30-17-19-3-1-2-4-23(19)26)16-27-20-6-8-21(9-7-20)28-11-13-29-14-12-28/h1-10,15-16H,11-14,17H2. The van der Waals surface area contributed by atoms with Crippen molar-refractivity contribution in [2.24, 2.45) is 4.99 Å². The van der Waals surface area contributed by atoms with Crippen molar-refractivity contribution >= 4 is 45.1 Å². The van der Waals surface area contributed by atoms with E-state index in [1.807, 2.05) is 60.8 Å². The van der Waals surface area contributed by atoms with Gasteiger partial charge in [0, 0.05) is 35.6 Å². The number of anilines is 1. The lowest BCUT2D eigenvalue weighted by molar-refractivity contribution is 0.122. The molecule has 0 saturated carbocycles. The fourth-order valence-corrected chi connectivity index (χ4v) is 3.91. The average Bonchev–Trinajstić information content (AvgIpc) is 2.79. The van der Waals surface area contributed by atoms with Gasteiger partial charge in [0.2, 0.25) is 0 Å². The lowest BCUT2D eigenvalue weighted by Crippen LogP contribution is -2.36. The Hall–Kier alpha value is -2.34. The van der Waals surface area contributed by atoms with Crippen LogP contribution in [0.25, 0.3) is 0 Å². The highest BCUT2D eigenvalue weighted by Gasteiger charge is 2.10. The maximum absolute atomic E-state index is 6.19. The van der Waals surface area contributed by atoms with Crippen molar-refractivity contribution < 1.29 is 9.47 Å². The molecule has 0 spiro atoms. The number of rotatable bonds is 6. The molecule has 0 bridgehead atoms. The summed E-state index contributed by atoms with van der Waals surface area (Å²) in [5.74, 6) is 0.766. The van der Waals surface area contributed by atoms with Crippen LogP contribution in [0.15, 0.2) is 76.2 Å². The van der Waals surface area contributed by atoms with Gasteiger partial charge in [0.15, 0.2) is 0 Å². The van der Waals surface area contributed by atoms with Crippen LogP contribution in [-0.2, 0) is 11.3 Å². The first kappa shape index (κ1) is 20.9. The van der Waals surface area contributed by atoms with Gasteiger partial charge in [-0.25, -0.2) is 0 Å². The number of hydrogen-bond donors (Lipinski definition) is 0. The highest BCUT2D eigenvalue weighted by Crippen LogP contribution is 2.28. The van der Waals surface area contributed by atoms with Crippen LogP contribution in [0.2, 0.25) is 5.02 Å². The highest BCUT2D eigenvalue weighted by atomic mass is 79.9. The third kappa shape index (κ3) is 5.42. The summed E-state index contributed by atoms with van der Waals surface area (Å²) in [7, 11) is 0.